The highest BCUT2D eigenvalue weighted by Crippen LogP contribution is 2.29. The van der Waals surface area contributed by atoms with Crippen molar-refractivity contribution in [2.24, 2.45) is 7.05 Å². The first kappa shape index (κ1) is 11.4. The van der Waals surface area contributed by atoms with Crippen LogP contribution in [0.1, 0.15) is 10.4 Å². The predicted molar refractivity (Wildman–Crippen MR) is 67.3 cm³/mol. The number of anilines is 1. The van der Waals surface area contributed by atoms with E-state index in [4.69, 9.17) is 10.8 Å². The summed E-state index contributed by atoms with van der Waals surface area (Å²) in [5, 5.41) is 14.0. The number of fused-ring (bicyclic) bond motifs is 3. The van der Waals surface area contributed by atoms with Gasteiger partial charge in [0, 0.05) is 12.4 Å². The molecule has 0 aliphatic rings. The first-order valence-electron chi connectivity index (χ1n) is 5.42. The van der Waals surface area contributed by atoms with E-state index in [0.717, 1.165) is 6.07 Å². The summed E-state index contributed by atoms with van der Waals surface area (Å²) in [5.41, 5.74) is 6.22. The van der Waals surface area contributed by atoms with E-state index in [0.29, 0.717) is 16.3 Å². The van der Waals surface area contributed by atoms with Crippen LogP contribution in [0.25, 0.3) is 21.8 Å². The van der Waals surface area contributed by atoms with Crippen molar-refractivity contribution < 1.29 is 14.3 Å². The van der Waals surface area contributed by atoms with E-state index < -0.39 is 11.8 Å². The van der Waals surface area contributed by atoms with E-state index in [-0.39, 0.29) is 16.9 Å². The van der Waals surface area contributed by atoms with Gasteiger partial charge in [0.2, 0.25) is 0 Å². The number of rotatable bonds is 1. The number of carboxylic acids is 1. The number of benzene rings is 1. The minimum Gasteiger partial charge on any atom is -0.478 e. The largest absolute Gasteiger partial charge is 0.478 e. The van der Waals surface area contributed by atoms with E-state index in [1.807, 2.05) is 0 Å². The fraction of sp³-hybridized carbons (Fsp3) is 0.0833. The molecule has 0 saturated heterocycles. The molecule has 0 atom stereocenters. The Morgan fingerprint density at radius 2 is 2.16 bits per heavy atom. The van der Waals surface area contributed by atoms with Crippen LogP contribution in [0, 0.1) is 5.82 Å². The average Bonchev–Trinajstić information content (AvgIpc) is 2.74. The van der Waals surface area contributed by atoms with Gasteiger partial charge in [0.1, 0.15) is 17.2 Å². The maximum atomic E-state index is 13.9. The van der Waals surface area contributed by atoms with Gasteiger partial charge in [0.25, 0.3) is 0 Å². The Bertz CT molecular complexity index is 841. The number of aryl methyl sites for hydroxylation is 1. The van der Waals surface area contributed by atoms with Gasteiger partial charge in [0.05, 0.1) is 22.7 Å². The molecule has 2 heterocycles. The van der Waals surface area contributed by atoms with E-state index in [1.165, 1.54) is 16.9 Å². The molecule has 0 saturated carbocycles. The highest BCUT2D eigenvalue weighted by Gasteiger charge is 2.16. The zero-order valence-corrected chi connectivity index (χ0v) is 9.88. The molecule has 0 spiro atoms. The maximum Gasteiger partial charge on any atom is 0.335 e. The molecule has 19 heavy (non-hydrogen) atoms. The van der Waals surface area contributed by atoms with Crippen LogP contribution < -0.4 is 5.73 Å². The molecule has 1 aromatic carbocycles. The highest BCUT2D eigenvalue weighted by atomic mass is 19.1. The summed E-state index contributed by atoms with van der Waals surface area (Å²) in [6.07, 6.45) is 1.52. The second-order valence-electron chi connectivity index (χ2n) is 4.19. The van der Waals surface area contributed by atoms with Crippen LogP contribution in [-0.2, 0) is 7.05 Å². The molecule has 0 bridgehead atoms. The van der Waals surface area contributed by atoms with Crippen molar-refractivity contribution in [1.29, 1.82) is 0 Å². The minimum absolute atomic E-state index is 0.0404. The summed E-state index contributed by atoms with van der Waals surface area (Å²) in [6, 6.07) is 2.30. The molecule has 0 aliphatic carbocycles. The van der Waals surface area contributed by atoms with Crippen molar-refractivity contribution >= 4 is 33.6 Å². The molecule has 2 aromatic heterocycles. The number of carboxylic acid groups (broad SMARTS) is 1. The van der Waals surface area contributed by atoms with Gasteiger partial charge in [-0.1, -0.05) is 0 Å². The number of nitrogen functional groups attached to an aromatic ring is 1. The van der Waals surface area contributed by atoms with Gasteiger partial charge < -0.3 is 10.8 Å². The SMILES string of the molecule is Cn1ncc2c(N)nc3c(F)cc(C(=O)O)cc3c21. The van der Waals surface area contributed by atoms with Crippen LogP contribution >= 0.6 is 0 Å². The van der Waals surface area contributed by atoms with Gasteiger partial charge in [-0.15, -0.1) is 0 Å². The van der Waals surface area contributed by atoms with Gasteiger partial charge in [-0.25, -0.2) is 14.2 Å². The number of nitrogens with zero attached hydrogens (tertiary/aromatic N) is 3. The molecule has 0 radical (unpaired) electrons. The van der Waals surface area contributed by atoms with Crippen molar-refractivity contribution in [2.45, 2.75) is 0 Å². The fourth-order valence-corrected chi connectivity index (χ4v) is 2.14. The number of nitrogens with two attached hydrogens (primary N) is 1. The van der Waals surface area contributed by atoms with Gasteiger partial charge in [0.15, 0.2) is 0 Å². The molecular weight excluding hydrogens is 251 g/mol. The number of aromatic carboxylic acids is 1. The second kappa shape index (κ2) is 3.64. The summed E-state index contributed by atoms with van der Waals surface area (Å²) < 4.78 is 15.5. The van der Waals surface area contributed by atoms with Gasteiger partial charge >= 0.3 is 5.97 Å². The summed E-state index contributed by atoms with van der Waals surface area (Å²) in [7, 11) is 1.67. The third kappa shape index (κ3) is 1.51. The lowest BCUT2D eigenvalue weighted by Crippen LogP contribution is -2.01. The summed E-state index contributed by atoms with van der Waals surface area (Å²) in [4.78, 5) is 15.0. The number of hydrogen-bond acceptors (Lipinski definition) is 4. The molecular formula is C12H9FN4O2. The van der Waals surface area contributed by atoms with Crippen LogP contribution in [0.2, 0.25) is 0 Å². The Balaban J connectivity index is 2.58. The summed E-state index contributed by atoms with van der Waals surface area (Å²) >= 11 is 0. The molecule has 3 aromatic rings. The molecule has 6 nitrogen and oxygen atoms in total. The average molecular weight is 260 g/mol. The first-order valence-corrected chi connectivity index (χ1v) is 5.42. The van der Waals surface area contributed by atoms with Crippen molar-refractivity contribution in [3.63, 3.8) is 0 Å². The summed E-state index contributed by atoms with van der Waals surface area (Å²) in [6.45, 7) is 0. The predicted octanol–water partition coefficient (Wildman–Crippen LogP) is 1.54. The molecule has 7 heteroatoms. The highest BCUT2D eigenvalue weighted by molar-refractivity contribution is 6.09. The van der Waals surface area contributed by atoms with Crippen molar-refractivity contribution in [3.05, 3.63) is 29.7 Å². The van der Waals surface area contributed by atoms with Crippen LogP contribution in [0.3, 0.4) is 0 Å². The van der Waals surface area contributed by atoms with Gasteiger partial charge in [-0.2, -0.15) is 5.10 Å². The zero-order valence-electron chi connectivity index (χ0n) is 9.88. The van der Waals surface area contributed by atoms with Crippen molar-refractivity contribution in [2.75, 3.05) is 5.73 Å². The van der Waals surface area contributed by atoms with E-state index in [9.17, 15) is 9.18 Å². The Labute approximate surface area is 106 Å². The Morgan fingerprint density at radius 1 is 1.42 bits per heavy atom. The Morgan fingerprint density at radius 3 is 2.84 bits per heavy atom. The number of aromatic nitrogens is 3. The number of halogens is 1. The fourth-order valence-electron chi connectivity index (χ4n) is 2.14. The molecule has 3 rings (SSSR count). The van der Waals surface area contributed by atoms with E-state index in [1.54, 1.807) is 7.05 Å². The quantitative estimate of drug-likeness (QED) is 0.692. The monoisotopic (exact) mass is 260 g/mol. The maximum absolute atomic E-state index is 13.9. The molecule has 0 amide bonds. The van der Waals surface area contributed by atoms with Gasteiger partial charge in [-0.3, -0.25) is 4.68 Å². The lowest BCUT2D eigenvalue weighted by molar-refractivity contribution is 0.0696. The molecule has 0 aliphatic heterocycles. The lowest BCUT2D eigenvalue weighted by atomic mass is 10.1. The summed E-state index contributed by atoms with van der Waals surface area (Å²) in [5.74, 6) is -1.75. The van der Waals surface area contributed by atoms with Crippen LogP contribution in [0.5, 0.6) is 0 Å². The third-order valence-corrected chi connectivity index (χ3v) is 3.01. The minimum atomic E-state index is -1.20. The third-order valence-electron chi connectivity index (χ3n) is 3.01. The Kier molecular flexibility index (Phi) is 2.19. The van der Waals surface area contributed by atoms with Crippen molar-refractivity contribution in [1.82, 2.24) is 14.8 Å². The molecule has 0 fully saturated rings. The number of pyridine rings is 1. The van der Waals surface area contributed by atoms with E-state index in [2.05, 4.69) is 10.1 Å². The smallest absolute Gasteiger partial charge is 0.335 e. The van der Waals surface area contributed by atoms with Gasteiger partial charge in [-0.05, 0) is 12.1 Å². The van der Waals surface area contributed by atoms with E-state index >= 15 is 0 Å². The topological polar surface area (TPSA) is 94.0 Å². The standard InChI is InChI=1S/C12H9FN4O2/c1-17-10-6-2-5(12(18)19)3-8(13)9(6)16-11(14)7(10)4-15-17/h2-4H,1H3,(H2,14,16)(H,18,19). The lowest BCUT2D eigenvalue weighted by Gasteiger charge is -2.06. The van der Waals surface area contributed by atoms with Crippen molar-refractivity contribution in [3.8, 4) is 0 Å². The van der Waals surface area contributed by atoms with Crippen LogP contribution in [0.4, 0.5) is 10.2 Å². The van der Waals surface area contributed by atoms with Crippen LogP contribution in [-0.4, -0.2) is 25.8 Å². The number of hydrogen-bond donors (Lipinski definition) is 2. The van der Waals surface area contributed by atoms with Crippen LogP contribution in [0.15, 0.2) is 18.3 Å². The Hall–Kier alpha value is -2.70. The first-order chi connectivity index (χ1) is 8.99. The molecule has 96 valence electrons. The number of carbonyl (C=O) groups is 1. The normalized spacial score (nSPS) is 11.3. The second-order valence-corrected chi connectivity index (χ2v) is 4.19. The zero-order chi connectivity index (χ0) is 13.7. The molecule has 3 N–H and O–H groups in total. The molecule has 0 unspecified atom stereocenters.